The summed E-state index contributed by atoms with van der Waals surface area (Å²) in [5, 5.41) is 3.00. The van der Waals surface area contributed by atoms with Crippen molar-refractivity contribution in [2.24, 2.45) is 5.73 Å². The lowest BCUT2D eigenvalue weighted by Gasteiger charge is -2.17. The van der Waals surface area contributed by atoms with Crippen LogP contribution in [0.2, 0.25) is 0 Å². The third-order valence-electron chi connectivity index (χ3n) is 4.03. The highest BCUT2D eigenvalue weighted by Crippen LogP contribution is 2.28. The second kappa shape index (κ2) is 9.08. The van der Waals surface area contributed by atoms with Gasteiger partial charge in [0, 0.05) is 18.5 Å². The number of benzene rings is 2. The van der Waals surface area contributed by atoms with Crippen LogP contribution in [-0.2, 0) is 11.2 Å². The molecule has 2 atom stereocenters. The first-order chi connectivity index (χ1) is 12.0. The van der Waals surface area contributed by atoms with Crippen molar-refractivity contribution >= 4 is 5.91 Å². The fourth-order valence-corrected chi connectivity index (χ4v) is 2.76. The topological polar surface area (TPSA) is 73.6 Å². The molecule has 5 heteroatoms. The summed E-state index contributed by atoms with van der Waals surface area (Å²) in [5.74, 6) is 1.32. The number of nitrogens with two attached hydrogens (primary N) is 1. The molecule has 0 fully saturated rings. The lowest BCUT2D eigenvalue weighted by Crippen LogP contribution is -2.35. The number of carbonyl (C=O) groups excluding carboxylic acids is 1. The van der Waals surface area contributed by atoms with E-state index in [2.05, 4.69) is 5.32 Å². The number of carbonyl (C=O) groups is 1. The van der Waals surface area contributed by atoms with E-state index in [1.54, 1.807) is 14.2 Å². The Hall–Kier alpha value is -2.53. The zero-order valence-electron chi connectivity index (χ0n) is 15.0. The predicted molar refractivity (Wildman–Crippen MR) is 98.8 cm³/mol. The molecule has 2 rings (SSSR count). The van der Waals surface area contributed by atoms with Gasteiger partial charge in [-0.25, -0.2) is 0 Å². The van der Waals surface area contributed by atoms with E-state index in [9.17, 15) is 4.79 Å². The van der Waals surface area contributed by atoms with E-state index in [4.69, 9.17) is 15.2 Å². The SMILES string of the molecule is COc1ccc(CC(C)NC(=O)CC(N)c2ccccc2)cc1OC. The summed E-state index contributed by atoms with van der Waals surface area (Å²) in [7, 11) is 3.22. The molecule has 0 heterocycles. The molecular weight excluding hydrogens is 316 g/mol. The van der Waals surface area contributed by atoms with E-state index < -0.39 is 0 Å². The molecule has 0 saturated carbocycles. The number of rotatable bonds is 8. The number of nitrogens with one attached hydrogen (secondary N) is 1. The molecule has 2 aromatic rings. The van der Waals surface area contributed by atoms with Gasteiger partial charge in [-0.2, -0.15) is 0 Å². The van der Waals surface area contributed by atoms with Gasteiger partial charge in [-0.15, -0.1) is 0 Å². The van der Waals surface area contributed by atoms with Gasteiger partial charge < -0.3 is 20.5 Å². The Balaban J connectivity index is 1.89. The molecule has 0 aliphatic heterocycles. The van der Waals surface area contributed by atoms with Crippen LogP contribution < -0.4 is 20.5 Å². The standard InChI is InChI=1S/C20H26N2O3/c1-14(11-15-9-10-18(24-2)19(12-15)25-3)22-20(23)13-17(21)16-7-5-4-6-8-16/h4-10,12,14,17H,11,13,21H2,1-3H3,(H,22,23). The number of ether oxygens (including phenoxy) is 2. The summed E-state index contributed by atoms with van der Waals surface area (Å²) in [5.41, 5.74) is 8.13. The summed E-state index contributed by atoms with van der Waals surface area (Å²) in [6.07, 6.45) is 0.965. The zero-order chi connectivity index (χ0) is 18.2. The van der Waals surface area contributed by atoms with Gasteiger partial charge >= 0.3 is 0 Å². The molecule has 5 nitrogen and oxygen atoms in total. The van der Waals surface area contributed by atoms with Gasteiger partial charge in [0.25, 0.3) is 0 Å². The van der Waals surface area contributed by atoms with E-state index in [1.807, 2.05) is 55.5 Å². The van der Waals surface area contributed by atoms with Crippen LogP contribution in [0.25, 0.3) is 0 Å². The Morgan fingerprint density at radius 2 is 1.76 bits per heavy atom. The molecule has 0 radical (unpaired) electrons. The van der Waals surface area contributed by atoms with Crippen LogP contribution in [0, 0.1) is 0 Å². The van der Waals surface area contributed by atoms with Crippen LogP contribution >= 0.6 is 0 Å². The van der Waals surface area contributed by atoms with Gasteiger partial charge in [0.05, 0.1) is 14.2 Å². The van der Waals surface area contributed by atoms with E-state index >= 15 is 0 Å². The van der Waals surface area contributed by atoms with Crippen LogP contribution in [-0.4, -0.2) is 26.2 Å². The van der Waals surface area contributed by atoms with E-state index in [-0.39, 0.29) is 24.4 Å². The van der Waals surface area contributed by atoms with Gasteiger partial charge in [0.1, 0.15) is 0 Å². The molecule has 0 aromatic heterocycles. The number of hydrogen-bond donors (Lipinski definition) is 2. The average Bonchev–Trinajstić information content (AvgIpc) is 2.62. The Morgan fingerprint density at radius 1 is 1.08 bits per heavy atom. The summed E-state index contributed by atoms with van der Waals surface area (Å²) in [6.45, 7) is 1.97. The second-order valence-corrected chi connectivity index (χ2v) is 6.08. The molecule has 2 unspecified atom stereocenters. The maximum atomic E-state index is 12.2. The number of hydrogen-bond acceptors (Lipinski definition) is 4. The molecule has 25 heavy (non-hydrogen) atoms. The van der Waals surface area contributed by atoms with Crippen LogP contribution in [0.5, 0.6) is 11.5 Å². The van der Waals surface area contributed by atoms with E-state index in [0.717, 1.165) is 11.1 Å². The molecular formula is C20H26N2O3. The van der Waals surface area contributed by atoms with Gasteiger partial charge in [-0.3, -0.25) is 4.79 Å². The molecule has 0 spiro atoms. The first kappa shape index (κ1) is 18.8. The lowest BCUT2D eigenvalue weighted by molar-refractivity contribution is -0.122. The Bertz CT molecular complexity index is 689. The fraction of sp³-hybridized carbons (Fsp3) is 0.350. The van der Waals surface area contributed by atoms with E-state index in [0.29, 0.717) is 17.9 Å². The van der Waals surface area contributed by atoms with Crippen LogP contribution in [0.1, 0.15) is 30.5 Å². The molecule has 0 aliphatic rings. The molecule has 0 bridgehead atoms. The summed E-state index contributed by atoms with van der Waals surface area (Å²) in [4.78, 5) is 12.2. The minimum absolute atomic E-state index is 0.00595. The zero-order valence-corrected chi connectivity index (χ0v) is 15.0. The van der Waals surface area contributed by atoms with Gasteiger partial charge in [-0.1, -0.05) is 36.4 Å². The van der Waals surface area contributed by atoms with Crippen molar-refractivity contribution < 1.29 is 14.3 Å². The van der Waals surface area contributed by atoms with Crippen molar-refractivity contribution in [3.8, 4) is 11.5 Å². The fourth-order valence-electron chi connectivity index (χ4n) is 2.76. The summed E-state index contributed by atoms with van der Waals surface area (Å²) in [6, 6.07) is 15.1. The molecule has 2 aromatic carbocycles. The molecule has 0 aliphatic carbocycles. The Labute approximate surface area is 149 Å². The predicted octanol–water partition coefficient (Wildman–Crippen LogP) is 2.84. The minimum atomic E-state index is -0.297. The quantitative estimate of drug-likeness (QED) is 0.774. The maximum absolute atomic E-state index is 12.2. The smallest absolute Gasteiger partial charge is 0.222 e. The normalized spacial score (nSPS) is 13.0. The first-order valence-corrected chi connectivity index (χ1v) is 8.34. The minimum Gasteiger partial charge on any atom is -0.493 e. The first-order valence-electron chi connectivity index (χ1n) is 8.34. The van der Waals surface area contributed by atoms with E-state index in [1.165, 1.54) is 0 Å². The van der Waals surface area contributed by atoms with Crippen LogP contribution in [0.3, 0.4) is 0 Å². The molecule has 1 amide bonds. The van der Waals surface area contributed by atoms with Crippen molar-refractivity contribution in [3.05, 3.63) is 59.7 Å². The van der Waals surface area contributed by atoms with Crippen molar-refractivity contribution in [1.82, 2.24) is 5.32 Å². The highest BCUT2D eigenvalue weighted by molar-refractivity contribution is 5.77. The van der Waals surface area contributed by atoms with Gasteiger partial charge in [0.2, 0.25) is 5.91 Å². The molecule has 0 saturated heterocycles. The monoisotopic (exact) mass is 342 g/mol. The number of amides is 1. The van der Waals surface area contributed by atoms with Gasteiger partial charge in [-0.05, 0) is 36.6 Å². The van der Waals surface area contributed by atoms with Crippen molar-refractivity contribution in [2.45, 2.75) is 31.8 Å². The summed E-state index contributed by atoms with van der Waals surface area (Å²) < 4.78 is 10.6. The van der Waals surface area contributed by atoms with Crippen LogP contribution in [0.4, 0.5) is 0 Å². The van der Waals surface area contributed by atoms with Gasteiger partial charge in [0.15, 0.2) is 11.5 Å². The Morgan fingerprint density at radius 3 is 2.40 bits per heavy atom. The van der Waals surface area contributed by atoms with Crippen molar-refractivity contribution in [1.29, 1.82) is 0 Å². The third-order valence-corrected chi connectivity index (χ3v) is 4.03. The van der Waals surface area contributed by atoms with Crippen molar-refractivity contribution in [3.63, 3.8) is 0 Å². The lowest BCUT2D eigenvalue weighted by atomic mass is 10.0. The van der Waals surface area contributed by atoms with Crippen molar-refractivity contribution in [2.75, 3.05) is 14.2 Å². The third kappa shape index (κ3) is 5.50. The maximum Gasteiger partial charge on any atom is 0.222 e. The average molecular weight is 342 g/mol. The largest absolute Gasteiger partial charge is 0.493 e. The molecule has 3 N–H and O–H groups in total. The van der Waals surface area contributed by atoms with Crippen LogP contribution in [0.15, 0.2) is 48.5 Å². The Kier molecular flexibility index (Phi) is 6.83. The molecule has 134 valence electrons. The second-order valence-electron chi connectivity index (χ2n) is 6.08. The number of methoxy groups -OCH3 is 2. The summed E-state index contributed by atoms with van der Waals surface area (Å²) >= 11 is 0. The highest BCUT2D eigenvalue weighted by atomic mass is 16.5. The highest BCUT2D eigenvalue weighted by Gasteiger charge is 2.14.